The molecule has 0 heterocycles. The summed E-state index contributed by atoms with van der Waals surface area (Å²) in [7, 11) is 5.87. The smallest absolute Gasteiger partial charge is 0.410 e. The molecule has 3 rings (SSSR count). The lowest BCUT2D eigenvalue weighted by Gasteiger charge is -2.11. The maximum atomic E-state index is 5.30. The highest BCUT2D eigenvalue weighted by molar-refractivity contribution is 6.61. The van der Waals surface area contributed by atoms with E-state index < -0.39 is 0 Å². The van der Waals surface area contributed by atoms with Gasteiger partial charge in [0.1, 0.15) is 0 Å². The van der Waals surface area contributed by atoms with E-state index in [4.69, 9.17) is 18.6 Å². The van der Waals surface area contributed by atoms with E-state index in [2.05, 4.69) is 48.5 Å². The van der Waals surface area contributed by atoms with Gasteiger partial charge in [-0.2, -0.15) is 0 Å². The van der Waals surface area contributed by atoms with E-state index in [1.807, 2.05) is 24.3 Å². The Morgan fingerprint density at radius 3 is 0.821 bits per heavy atom. The molecule has 0 saturated carbocycles. The van der Waals surface area contributed by atoms with Crippen LogP contribution in [0, 0.1) is 0 Å². The Kier molecular flexibility index (Phi) is 7.06. The van der Waals surface area contributed by atoms with Crippen LogP contribution in [0.25, 0.3) is 22.3 Å². The van der Waals surface area contributed by atoms with Gasteiger partial charge in [-0.15, -0.1) is 0 Å². The molecule has 4 nitrogen and oxygen atoms in total. The maximum absolute atomic E-state index is 5.30. The van der Waals surface area contributed by atoms with Gasteiger partial charge in [-0.05, 0) is 33.2 Å². The van der Waals surface area contributed by atoms with Gasteiger partial charge in [-0.3, -0.25) is 0 Å². The van der Waals surface area contributed by atoms with Crippen molar-refractivity contribution in [3.8, 4) is 22.3 Å². The van der Waals surface area contributed by atoms with Crippen LogP contribution in [0.15, 0.2) is 72.8 Å². The van der Waals surface area contributed by atoms with Crippen molar-refractivity contribution in [2.45, 2.75) is 0 Å². The number of rotatable bonds is 8. The number of benzene rings is 3. The monoisotopic (exact) mass is 374 g/mol. The molecule has 0 radical (unpaired) electrons. The standard InChI is InChI=1S/C22H24B2O4/c1-25-23(26-2)21-13-9-19(10-14-21)17-5-7-18(8-6-17)20-11-15-22(16-12-20)24(27-3)28-4/h5-16H,1-4H3. The van der Waals surface area contributed by atoms with Crippen LogP contribution in [-0.4, -0.2) is 42.7 Å². The quantitative estimate of drug-likeness (QED) is 0.569. The van der Waals surface area contributed by atoms with Crippen LogP contribution in [0.3, 0.4) is 0 Å². The lowest BCUT2D eigenvalue weighted by molar-refractivity contribution is 0.291. The van der Waals surface area contributed by atoms with Gasteiger partial charge in [-0.1, -0.05) is 72.8 Å². The Morgan fingerprint density at radius 1 is 0.393 bits per heavy atom. The molecule has 0 atom stereocenters. The topological polar surface area (TPSA) is 36.9 Å². The molecule has 0 aromatic heterocycles. The second-order valence-corrected chi connectivity index (χ2v) is 6.43. The van der Waals surface area contributed by atoms with Crippen molar-refractivity contribution in [3.63, 3.8) is 0 Å². The van der Waals surface area contributed by atoms with Crippen molar-refractivity contribution in [2.24, 2.45) is 0 Å². The summed E-state index contributed by atoms with van der Waals surface area (Å²) in [5, 5.41) is 0. The van der Waals surface area contributed by atoms with Crippen molar-refractivity contribution >= 4 is 25.2 Å². The van der Waals surface area contributed by atoms with Crippen molar-refractivity contribution < 1.29 is 18.6 Å². The molecule has 6 heteroatoms. The molecule has 0 bridgehead atoms. The highest BCUT2D eigenvalue weighted by atomic mass is 16.6. The van der Waals surface area contributed by atoms with Gasteiger partial charge in [0.25, 0.3) is 0 Å². The van der Waals surface area contributed by atoms with Gasteiger partial charge in [0.05, 0.1) is 0 Å². The van der Waals surface area contributed by atoms with Gasteiger partial charge in [0.2, 0.25) is 0 Å². The molecule has 0 N–H and O–H groups in total. The summed E-state index contributed by atoms with van der Waals surface area (Å²) in [4.78, 5) is 0. The summed E-state index contributed by atoms with van der Waals surface area (Å²) in [5.41, 5.74) is 6.63. The average molecular weight is 374 g/mol. The highest BCUT2D eigenvalue weighted by Crippen LogP contribution is 2.24. The zero-order valence-electron chi connectivity index (χ0n) is 16.7. The fourth-order valence-corrected chi connectivity index (χ4v) is 3.26. The molecule has 0 unspecified atom stereocenters. The van der Waals surface area contributed by atoms with Gasteiger partial charge in [0, 0.05) is 28.4 Å². The molecule has 3 aromatic carbocycles. The minimum Gasteiger partial charge on any atom is -0.410 e. The molecule has 0 fully saturated rings. The van der Waals surface area contributed by atoms with Crippen molar-refractivity contribution in [1.29, 1.82) is 0 Å². The van der Waals surface area contributed by atoms with E-state index in [9.17, 15) is 0 Å². The molecule has 0 aliphatic rings. The van der Waals surface area contributed by atoms with Crippen LogP contribution in [0.4, 0.5) is 0 Å². The fourth-order valence-electron chi connectivity index (χ4n) is 3.26. The molecule has 0 amide bonds. The Labute approximate surface area is 167 Å². The van der Waals surface area contributed by atoms with Crippen molar-refractivity contribution in [3.05, 3.63) is 72.8 Å². The molecular weight excluding hydrogens is 350 g/mol. The van der Waals surface area contributed by atoms with Crippen molar-refractivity contribution in [2.75, 3.05) is 28.4 Å². The Hall–Kier alpha value is -2.37. The van der Waals surface area contributed by atoms with Crippen LogP contribution in [0.2, 0.25) is 0 Å². The number of hydrogen-bond acceptors (Lipinski definition) is 4. The van der Waals surface area contributed by atoms with Crippen LogP contribution in [0.1, 0.15) is 0 Å². The van der Waals surface area contributed by atoms with Gasteiger partial charge >= 0.3 is 14.2 Å². The first-order valence-electron chi connectivity index (χ1n) is 9.12. The van der Waals surface area contributed by atoms with Crippen LogP contribution in [0.5, 0.6) is 0 Å². The van der Waals surface area contributed by atoms with E-state index in [-0.39, 0.29) is 14.2 Å². The third kappa shape index (κ3) is 4.54. The molecule has 28 heavy (non-hydrogen) atoms. The molecule has 0 saturated heterocycles. The summed E-state index contributed by atoms with van der Waals surface area (Å²) in [6.07, 6.45) is 0. The minimum atomic E-state index is -0.338. The van der Waals surface area contributed by atoms with E-state index >= 15 is 0 Å². The first kappa shape index (κ1) is 20.4. The van der Waals surface area contributed by atoms with Gasteiger partial charge in [-0.25, -0.2) is 0 Å². The van der Waals surface area contributed by atoms with Gasteiger partial charge < -0.3 is 18.6 Å². The zero-order chi connectivity index (χ0) is 19.9. The molecule has 0 aliphatic heterocycles. The zero-order valence-corrected chi connectivity index (χ0v) is 16.7. The Balaban J connectivity index is 1.76. The molecule has 3 aromatic rings. The largest absolute Gasteiger partial charge is 0.493 e. The third-order valence-corrected chi connectivity index (χ3v) is 4.77. The predicted molar refractivity (Wildman–Crippen MR) is 116 cm³/mol. The van der Waals surface area contributed by atoms with Crippen LogP contribution >= 0.6 is 0 Å². The Morgan fingerprint density at radius 2 is 0.607 bits per heavy atom. The lowest BCUT2D eigenvalue weighted by atomic mass is 9.78. The summed E-state index contributed by atoms with van der Waals surface area (Å²) in [6, 6.07) is 25.0. The summed E-state index contributed by atoms with van der Waals surface area (Å²) < 4.78 is 21.2. The van der Waals surface area contributed by atoms with Gasteiger partial charge in [0.15, 0.2) is 0 Å². The molecule has 0 spiro atoms. The maximum Gasteiger partial charge on any atom is 0.493 e. The first-order chi connectivity index (χ1) is 13.7. The van der Waals surface area contributed by atoms with E-state index in [0.29, 0.717) is 0 Å². The third-order valence-electron chi connectivity index (χ3n) is 4.77. The number of hydrogen-bond donors (Lipinski definition) is 0. The second kappa shape index (κ2) is 9.71. The molecule has 0 aliphatic carbocycles. The summed E-state index contributed by atoms with van der Waals surface area (Å²) in [5.74, 6) is 0. The van der Waals surface area contributed by atoms with E-state index in [1.165, 1.54) is 0 Å². The average Bonchev–Trinajstić information content (AvgIpc) is 2.77. The Bertz CT molecular complexity index is 782. The van der Waals surface area contributed by atoms with E-state index in [0.717, 1.165) is 33.2 Å². The predicted octanol–water partition coefficient (Wildman–Crippen LogP) is 3.00. The summed E-state index contributed by atoms with van der Waals surface area (Å²) >= 11 is 0. The highest BCUT2D eigenvalue weighted by Gasteiger charge is 2.18. The fraction of sp³-hybridized carbons (Fsp3) is 0.182. The second-order valence-electron chi connectivity index (χ2n) is 6.43. The minimum absolute atomic E-state index is 0.338. The normalized spacial score (nSPS) is 10.7. The van der Waals surface area contributed by atoms with Crippen molar-refractivity contribution in [1.82, 2.24) is 0 Å². The van der Waals surface area contributed by atoms with Crippen LogP contribution < -0.4 is 10.9 Å². The lowest BCUT2D eigenvalue weighted by Crippen LogP contribution is -2.34. The first-order valence-corrected chi connectivity index (χ1v) is 9.12. The van der Waals surface area contributed by atoms with E-state index in [1.54, 1.807) is 28.4 Å². The molecular formula is C22H24B2O4. The SMILES string of the molecule is COB(OC)c1ccc(-c2ccc(-c3ccc(B(OC)OC)cc3)cc2)cc1. The van der Waals surface area contributed by atoms with Crippen LogP contribution in [-0.2, 0) is 18.6 Å². The summed E-state index contributed by atoms with van der Waals surface area (Å²) in [6.45, 7) is 0. The molecule has 142 valence electrons.